The van der Waals surface area contributed by atoms with Crippen molar-refractivity contribution < 1.29 is 17.9 Å². The van der Waals surface area contributed by atoms with Crippen LogP contribution in [0.3, 0.4) is 0 Å². The zero-order valence-electron chi connectivity index (χ0n) is 18.9. The SMILES string of the molecule is Cc1cc(OC(C)C)ccc1S(=O)(=O)N1CC=C(c2cn(CC=O)c3ccc(I)cc23)CC1. The van der Waals surface area contributed by atoms with Crippen molar-refractivity contribution in [3.05, 3.63) is 63.4 Å². The van der Waals surface area contributed by atoms with Gasteiger partial charge in [0, 0.05) is 39.3 Å². The number of halogens is 1. The number of sulfonamides is 1. The average molecular weight is 578 g/mol. The van der Waals surface area contributed by atoms with Gasteiger partial charge in [-0.15, -0.1) is 0 Å². The molecule has 0 N–H and O–H groups in total. The van der Waals surface area contributed by atoms with Gasteiger partial charge in [-0.2, -0.15) is 4.31 Å². The summed E-state index contributed by atoms with van der Waals surface area (Å²) in [5, 5.41) is 1.09. The third-order valence-electron chi connectivity index (χ3n) is 5.77. The van der Waals surface area contributed by atoms with E-state index in [-0.39, 0.29) is 6.10 Å². The standard InChI is InChI=1S/C25H27IN2O4S/c1-17(2)32-21-5-7-25(18(3)14-21)33(30,31)28-10-8-19(9-11-28)23-16-27(12-13-29)24-6-4-20(26)15-22(23)24/h4-8,13-17H,9-12H2,1-3H3. The topological polar surface area (TPSA) is 68.6 Å². The summed E-state index contributed by atoms with van der Waals surface area (Å²) < 4.78 is 37.0. The maximum atomic E-state index is 13.3. The number of nitrogens with zero attached hydrogens (tertiary/aromatic N) is 2. The van der Waals surface area contributed by atoms with Gasteiger partial charge in [0.15, 0.2) is 0 Å². The molecule has 3 aromatic rings. The van der Waals surface area contributed by atoms with Crippen molar-refractivity contribution in [2.75, 3.05) is 13.1 Å². The molecule has 4 rings (SSSR count). The van der Waals surface area contributed by atoms with Crippen LogP contribution in [0.5, 0.6) is 5.75 Å². The van der Waals surface area contributed by atoms with Gasteiger partial charge in [0.05, 0.1) is 17.5 Å². The molecule has 0 saturated heterocycles. The third kappa shape index (κ3) is 4.88. The van der Waals surface area contributed by atoms with Crippen molar-refractivity contribution in [2.45, 2.75) is 44.7 Å². The Kier molecular flexibility index (Phi) is 6.97. The second-order valence-electron chi connectivity index (χ2n) is 8.46. The van der Waals surface area contributed by atoms with Crippen LogP contribution in [0, 0.1) is 10.5 Å². The number of aryl methyl sites for hydroxylation is 1. The van der Waals surface area contributed by atoms with E-state index in [1.807, 2.05) is 42.8 Å². The fraction of sp³-hybridized carbons (Fsp3) is 0.320. The Balaban J connectivity index is 1.62. The summed E-state index contributed by atoms with van der Waals surface area (Å²) in [5.41, 5.74) is 3.85. The van der Waals surface area contributed by atoms with Gasteiger partial charge in [-0.1, -0.05) is 6.08 Å². The van der Waals surface area contributed by atoms with Crippen LogP contribution in [0.1, 0.15) is 31.4 Å². The molecule has 2 heterocycles. The minimum absolute atomic E-state index is 0.0262. The molecule has 0 unspecified atom stereocenters. The highest BCUT2D eigenvalue weighted by atomic mass is 127. The van der Waals surface area contributed by atoms with E-state index in [1.165, 1.54) is 4.31 Å². The smallest absolute Gasteiger partial charge is 0.243 e. The predicted molar refractivity (Wildman–Crippen MR) is 139 cm³/mol. The Morgan fingerprint density at radius 1 is 1.18 bits per heavy atom. The van der Waals surface area contributed by atoms with Crippen molar-refractivity contribution in [1.82, 2.24) is 8.87 Å². The normalized spacial score (nSPS) is 15.1. The van der Waals surface area contributed by atoms with Crippen LogP contribution in [-0.2, 0) is 21.4 Å². The first kappa shape index (κ1) is 24.0. The van der Waals surface area contributed by atoms with Crippen molar-refractivity contribution in [1.29, 1.82) is 0 Å². The van der Waals surface area contributed by atoms with Gasteiger partial charge in [-0.25, -0.2) is 8.42 Å². The Labute approximate surface area is 208 Å². The minimum atomic E-state index is -3.62. The van der Waals surface area contributed by atoms with Crippen LogP contribution in [0.2, 0.25) is 0 Å². The van der Waals surface area contributed by atoms with Gasteiger partial charge in [0.2, 0.25) is 10.0 Å². The van der Waals surface area contributed by atoms with E-state index in [1.54, 1.807) is 25.1 Å². The molecular weight excluding hydrogens is 551 g/mol. The Bertz CT molecular complexity index is 1340. The largest absolute Gasteiger partial charge is 0.491 e. The lowest BCUT2D eigenvalue weighted by molar-refractivity contribution is -0.108. The predicted octanol–water partition coefficient (Wildman–Crippen LogP) is 5.02. The van der Waals surface area contributed by atoms with Gasteiger partial charge in [-0.3, -0.25) is 0 Å². The van der Waals surface area contributed by atoms with E-state index in [2.05, 4.69) is 28.7 Å². The molecule has 174 valence electrons. The summed E-state index contributed by atoms with van der Waals surface area (Å²) in [6, 6.07) is 11.3. The molecule has 0 spiro atoms. The maximum Gasteiger partial charge on any atom is 0.243 e. The first-order valence-electron chi connectivity index (χ1n) is 10.9. The molecule has 0 bridgehead atoms. The molecular formula is C25H27IN2O4S. The van der Waals surface area contributed by atoms with Crippen LogP contribution in [0.25, 0.3) is 16.5 Å². The van der Waals surface area contributed by atoms with Crippen molar-refractivity contribution in [3.8, 4) is 5.75 Å². The van der Waals surface area contributed by atoms with E-state index in [4.69, 9.17) is 4.74 Å². The number of carbonyl (C=O) groups excluding carboxylic acids is 1. The van der Waals surface area contributed by atoms with Crippen molar-refractivity contribution in [2.24, 2.45) is 0 Å². The van der Waals surface area contributed by atoms with Crippen LogP contribution >= 0.6 is 22.6 Å². The molecule has 0 fully saturated rings. The lowest BCUT2D eigenvalue weighted by Gasteiger charge is -2.26. The second kappa shape index (κ2) is 9.60. The molecule has 0 saturated carbocycles. The molecule has 2 aromatic carbocycles. The van der Waals surface area contributed by atoms with Gasteiger partial charge < -0.3 is 14.1 Å². The molecule has 8 heteroatoms. The maximum absolute atomic E-state index is 13.3. The average Bonchev–Trinajstić information content (AvgIpc) is 3.11. The first-order valence-corrected chi connectivity index (χ1v) is 13.4. The summed E-state index contributed by atoms with van der Waals surface area (Å²) >= 11 is 2.28. The molecule has 33 heavy (non-hydrogen) atoms. The van der Waals surface area contributed by atoms with Gasteiger partial charge in [0.1, 0.15) is 12.0 Å². The lowest BCUT2D eigenvalue weighted by atomic mass is 10.00. The quantitative estimate of drug-likeness (QED) is 0.292. The summed E-state index contributed by atoms with van der Waals surface area (Å²) in [4.78, 5) is 11.5. The van der Waals surface area contributed by atoms with Crippen molar-refractivity contribution >= 4 is 55.4 Å². The molecule has 1 aliphatic heterocycles. The number of fused-ring (bicyclic) bond motifs is 1. The Morgan fingerprint density at radius 2 is 1.97 bits per heavy atom. The molecule has 0 aliphatic carbocycles. The Morgan fingerprint density at radius 3 is 2.61 bits per heavy atom. The minimum Gasteiger partial charge on any atom is -0.491 e. The highest BCUT2D eigenvalue weighted by Crippen LogP contribution is 2.34. The van der Waals surface area contributed by atoms with Crippen molar-refractivity contribution in [3.63, 3.8) is 0 Å². The van der Waals surface area contributed by atoms with Crippen LogP contribution in [0.15, 0.2) is 53.6 Å². The number of carbonyl (C=O) groups is 1. The van der Waals surface area contributed by atoms with E-state index < -0.39 is 10.0 Å². The van der Waals surface area contributed by atoms with Crippen LogP contribution in [-0.4, -0.2) is 42.8 Å². The van der Waals surface area contributed by atoms with Gasteiger partial charge >= 0.3 is 0 Å². The zero-order chi connectivity index (χ0) is 23.8. The van der Waals surface area contributed by atoms with Gasteiger partial charge in [0.25, 0.3) is 0 Å². The molecule has 6 nitrogen and oxygen atoms in total. The number of ether oxygens (including phenoxy) is 1. The second-order valence-corrected chi connectivity index (χ2v) is 11.6. The molecule has 0 atom stereocenters. The van der Waals surface area contributed by atoms with E-state index in [9.17, 15) is 13.2 Å². The van der Waals surface area contributed by atoms with E-state index in [0.717, 1.165) is 31.9 Å². The van der Waals surface area contributed by atoms with Gasteiger partial charge in [-0.05, 0) is 97.3 Å². The van der Waals surface area contributed by atoms with Crippen LogP contribution < -0.4 is 4.74 Å². The Hall–Kier alpha value is -2.17. The number of aldehydes is 1. The molecule has 1 aromatic heterocycles. The van der Waals surface area contributed by atoms with E-state index in [0.29, 0.717) is 42.3 Å². The number of rotatable bonds is 7. The monoisotopic (exact) mass is 578 g/mol. The molecule has 1 aliphatic rings. The summed E-state index contributed by atoms with van der Waals surface area (Å²) in [5.74, 6) is 0.670. The number of aromatic nitrogens is 1. The number of benzene rings is 2. The first-order chi connectivity index (χ1) is 15.7. The third-order valence-corrected chi connectivity index (χ3v) is 8.46. The molecule has 0 amide bonds. The number of hydrogen-bond donors (Lipinski definition) is 0. The highest BCUT2D eigenvalue weighted by Gasteiger charge is 2.28. The fourth-order valence-corrected chi connectivity index (χ4v) is 6.34. The highest BCUT2D eigenvalue weighted by molar-refractivity contribution is 14.1. The summed E-state index contributed by atoms with van der Waals surface area (Å²) in [6.07, 6.45) is 5.52. The lowest BCUT2D eigenvalue weighted by Crippen LogP contribution is -2.35. The fourth-order valence-electron chi connectivity index (χ4n) is 4.27. The summed E-state index contributed by atoms with van der Waals surface area (Å²) in [6.45, 7) is 6.69. The van der Waals surface area contributed by atoms with Crippen LogP contribution in [0.4, 0.5) is 0 Å². The molecule has 0 radical (unpaired) electrons. The zero-order valence-corrected chi connectivity index (χ0v) is 21.9. The van der Waals surface area contributed by atoms with E-state index >= 15 is 0 Å². The summed E-state index contributed by atoms with van der Waals surface area (Å²) in [7, 11) is -3.62. The number of hydrogen-bond acceptors (Lipinski definition) is 4.